The largest absolute Gasteiger partial charge is 0.497 e. The molecule has 0 spiro atoms. The van der Waals surface area contributed by atoms with Crippen molar-refractivity contribution in [3.8, 4) is 11.5 Å². The van der Waals surface area contributed by atoms with Crippen LogP contribution in [0, 0.1) is 0 Å². The van der Waals surface area contributed by atoms with Gasteiger partial charge in [-0.2, -0.15) is 0 Å². The van der Waals surface area contributed by atoms with Crippen LogP contribution in [0.2, 0.25) is 0 Å². The third-order valence-electron chi connectivity index (χ3n) is 3.13. The molecule has 2 rings (SSSR count). The van der Waals surface area contributed by atoms with Crippen LogP contribution >= 0.6 is 0 Å². The van der Waals surface area contributed by atoms with Gasteiger partial charge in [0.25, 0.3) is 0 Å². The third-order valence-corrected chi connectivity index (χ3v) is 3.13. The van der Waals surface area contributed by atoms with E-state index in [1.165, 1.54) is 0 Å². The van der Waals surface area contributed by atoms with Gasteiger partial charge in [0.2, 0.25) is 0 Å². The maximum atomic E-state index is 12.3. The Balaban J connectivity index is 2.08. The van der Waals surface area contributed by atoms with Gasteiger partial charge >= 0.3 is 0 Å². The van der Waals surface area contributed by atoms with Gasteiger partial charge in [0.05, 0.1) is 13.7 Å². The number of ketones is 1. The molecule has 0 heterocycles. The first-order valence-electron chi connectivity index (χ1n) is 7.12. The van der Waals surface area contributed by atoms with Gasteiger partial charge in [0.15, 0.2) is 5.78 Å². The van der Waals surface area contributed by atoms with Gasteiger partial charge in [-0.3, -0.25) is 4.79 Å². The predicted octanol–water partition coefficient (Wildman–Crippen LogP) is 3.91. The van der Waals surface area contributed by atoms with Crippen molar-refractivity contribution in [1.29, 1.82) is 0 Å². The molecule has 0 amide bonds. The highest BCUT2D eigenvalue weighted by atomic mass is 16.5. The summed E-state index contributed by atoms with van der Waals surface area (Å²) in [6.07, 6.45) is 1.30. The number of benzene rings is 2. The standard InChI is InChI=1S/C18H20O3/c1-3-10-21-17-9-5-7-15(13-17)18(19)12-14-6-4-8-16(11-14)20-2/h4-9,11,13H,3,10,12H2,1-2H3. The number of hydrogen-bond acceptors (Lipinski definition) is 3. The second-order valence-electron chi connectivity index (χ2n) is 4.83. The zero-order valence-electron chi connectivity index (χ0n) is 12.5. The Hall–Kier alpha value is -2.29. The Morgan fingerprint density at radius 2 is 1.81 bits per heavy atom. The fourth-order valence-electron chi connectivity index (χ4n) is 2.05. The number of rotatable bonds is 7. The van der Waals surface area contributed by atoms with Crippen LogP contribution in [-0.4, -0.2) is 19.5 Å². The average molecular weight is 284 g/mol. The number of methoxy groups -OCH3 is 1. The molecular formula is C18H20O3. The Morgan fingerprint density at radius 3 is 2.57 bits per heavy atom. The fourth-order valence-corrected chi connectivity index (χ4v) is 2.05. The molecule has 2 aromatic rings. The summed E-state index contributed by atoms with van der Waals surface area (Å²) in [6, 6.07) is 14.9. The molecule has 3 nitrogen and oxygen atoms in total. The molecule has 0 fully saturated rings. The lowest BCUT2D eigenvalue weighted by Crippen LogP contribution is -2.04. The molecule has 3 heteroatoms. The summed E-state index contributed by atoms with van der Waals surface area (Å²) in [7, 11) is 1.62. The molecule has 0 aliphatic heterocycles. The Morgan fingerprint density at radius 1 is 1.05 bits per heavy atom. The minimum Gasteiger partial charge on any atom is -0.497 e. The summed E-state index contributed by atoms with van der Waals surface area (Å²) in [5.41, 5.74) is 1.62. The molecule has 2 aromatic carbocycles. The monoisotopic (exact) mass is 284 g/mol. The van der Waals surface area contributed by atoms with Crippen LogP contribution < -0.4 is 9.47 Å². The van der Waals surface area contributed by atoms with Crippen LogP contribution in [0.4, 0.5) is 0 Å². The minimum atomic E-state index is 0.0743. The highest BCUT2D eigenvalue weighted by molar-refractivity contribution is 5.97. The molecule has 0 radical (unpaired) electrons. The summed E-state index contributed by atoms with van der Waals surface area (Å²) >= 11 is 0. The Kier molecular flexibility index (Phi) is 5.38. The van der Waals surface area contributed by atoms with E-state index in [0.717, 1.165) is 23.5 Å². The molecule has 0 saturated heterocycles. The van der Waals surface area contributed by atoms with E-state index in [1.807, 2.05) is 42.5 Å². The molecule has 0 aromatic heterocycles. The second kappa shape index (κ2) is 7.48. The lowest BCUT2D eigenvalue weighted by molar-refractivity contribution is 0.0992. The smallest absolute Gasteiger partial charge is 0.167 e. The SMILES string of the molecule is CCCOc1cccc(C(=O)Cc2cccc(OC)c2)c1. The normalized spacial score (nSPS) is 10.2. The quantitative estimate of drug-likeness (QED) is 0.723. The van der Waals surface area contributed by atoms with Crippen molar-refractivity contribution in [3.05, 3.63) is 59.7 Å². The number of ether oxygens (including phenoxy) is 2. The van der Waals surface area contributed by atoms with Crippen LogP contribution in [0.15, 0.2) is 48.5 Å². The van der Waals surface area contributed by atoms with Crippen molar-refractivity contribution in [2.45, 2.75) is 19.8 Å². The first kappa shape index (κ1) is 15.1. The van der Waals surface area contributed by atoms with Crippen LogP contribution in [0.1, 0.15) is 29.3 Å². The molecule has 0 saturated carbocycles. The van der Waals surface area contributed by atoms with Crippen molar-refractivity contribution in [2.24, 2.45) is 0 Å². The van der Waals surface area contributed by atoms with Crippen LogP contribution in [0.3, 0.4) is 0 Å². The average Bonchev–Trinajstić information content (AvgIpc) is 2.53. The van der Waals surface area contributed by atoms with E-state index >= 15 is 0 Å². The molecule has 21 heavy (non-hydrogen) atoms. The fraction of sp³-hybridized carbons (Fsp3) is 0.278. The van der Waals surface area contributed by atoms with Crippen molar-refractivity contribution in [3.63, 3.8) is 0 Å². The predicted molar refractivity (Wildman–Crippen MR) is 83.3 cm³/mol. The summed E-state index contributed by atoms with van der Waals surface area (Å²) in [4.78, 5) is 12.3. The Bertz CT molecular complexity index is 605. The molecule has 110 valence electrons. The first-order chi connectivity index (χ1) is 10.2. The van der Waals surface area contributed by atoms with Crippen molar-refractivity contribution < 1.29 is 14.3 Å². The summed E-state index contributed by atoms with van der Waals surface area (Å²) in [5.74, 6) is 1.58. The van der Waals surface area contributed by atoms with Crippen LogP contribution in [-0.2, 0) is 6.42 Å². The van der Waals surface area contributed by atoms with Crippen LogP contribution in [0.5, 0.6) is 11.5 Å². The van der Waals surface area contributed by atoms with Gasteiger partial charge in [-0.1, -0.05) is 31.2 Å². The van der Waals surface area contributed by atoms with E-state index in [0.29, 0.717) is 18.6 Å². The van der Waals surface area contributed by atoms with Gasteiger partial charge in [-0.15, -0.1) is 0 Å². The number of carbonyl (C=O) groups is 1. The maximum Gasteiger partial charge on any atom is 0.167 e. The number of hydrogen-bond donors (Lipinski definition) is 0. The zero-order valence-corrected chi connectivity index (χ0v) is 12.5. The zero-order chi connectivity index (χ0) is 15.1. The van der Waals surface area contributed by atoms with E-state index in [-0.39, 0.29) is 5.78 Å². The van der Waals surface area contributed by atoms with E-state index < -0.39 is 0 Å². The second-order valence-corrected chi connectivity index (χ2v) is 4.83. The molecule has 0 aliphatic carbocycles. The molecule has 0 unspecified atom stereocenters. The highest BCUT2D eigenvalue weighted by Gasteiger charge is 2.09. The number of carbonyl (C=O) groups excluding carboxylic acids is 1. The summed E-state index contributed by atoms with van der Waals surface area (Å²) < 4.78 is 10.7. The summed E-state index contributed by atoms with van der Waals surface area (Å²) in [5, 5.41) is 0. The van der Waals surface area contributed by atoms with Crippen molar-refractivity contribution in [1.82, 2.24) is 0 Å². The van der Waals surface area contributed by atoms with E-state index in [1.54, 1.807) is 13.2 Å². The number of Topliss-reactive ketones (excluding diaryl/α,β-unsaturated/α-hetero) is 1. The summed E-state index contributed by atoms with van der Waals surface area (Å²) in [6.45, 7) is 2.71. The lowest BCUT2D eigenvalue weighted by Gasteiger charge is -2.07. The maximum absolute atomic E-state index is 12.3. The first-order valence-corrected chi connectivity index (χ1v) is 7.12. The van der Waals surface area contributed by atoms with E-state index in [4.69, 9.17) is 9.47 Å². The van der Waals surface area contributed by atoms with Gasteiger partial charge in [-0.05, 0) is 36.2 Å². The molecule has 0 N–H and O–H groups in total. The molecule has 0 bridgehead atoms. The van der Waals surface area contributed by atoms with Gasteiger partial charge in [0.1, 0.15) is 11.5 Å². The van der Waals surface area contributed by atoms with E-state index in [9.17, 15) is 4.79 Å². The topological polar surface area (TPSA) is 35.5 Å². The lowest BCUT2D eigenvalue weighted by atomic mass is 10.0. The van der Waals surface area contributed by atoms with Gasteiger partial charge < -0.3 is 9.47 Å². The molecule has 0 aliphatic rings. The third kappa shape index (κ3) is 4.35. The van der Waals surface area contributed by atoms with E-state index in [2.05, 4.69) is 6.92 Å². The van der Waals surface area contributed by atoms with Crippen molar-refractivity contribution >= 4 is 5.78 Å². The van der Waals surface area contributed by atoms with Gasteiger partial charge in [-0.25, -0.2) is 0 Å². The molecular weight excluding hydrogens is 264 g/mol. The van der Waals surface area contributed by atoms with Crippen LogP contribution in [0.25, 0.3) is 0 Å². The Labute approximate surface area is 125 Å². The van der Waals surface area contributed by atoms with Gasteiger partial charge in [0, 0.05) is 12.0 Å². The minimum absolute atomic E-state index is 0.0743. The van der Waals surface area contributed by atoms with Crippen molar-refractivity contribution in [2.75, 3.05) is 13.7 Å². The molecule has 0 atom stereocenters. The highest BCUT2D eigenvalue weighted by Crippen LogP contribution is 2.18.